The Morgan fingerprint density at radius 2 is 1.82 bits per heavy atom. The molecule has 5 atom stereocenters. The molecule has 146 valence electrons. The van der Waals surface area contributed by atoms with Gasteiger partial charge in [-0.2, -0.15) is 0 Å². The molecule has 2 aromatic rings. The molecule has 2 nitrogen and oxygen atoms in total. The second-order valence-electron chi connectivity index (χ2n) is 9.41. The van der Waals surface area contributed by atoms with Crippen LogP contribution in [-0.4, -0.2) is 16.3 Å². The van der Waals surface area contributed by atoms with Crippen LogP contribution >= 0.6 is 0 Å². The van der Waals surface area contributed by atoms with Gasteiger partial charge in [0.15, 0.2) is 0 Å². The van der Waals surface area contributed by atoms with Crippen molar-refractivity contribution in [2.45, 2.75) is 57.5 Å². The number of aliphatic hydroxyl groups excluding tert-OH is 1. The molecule has 2 aromatic carbocycles. The first-order valence-corrected chi connectivity index (χ1v) is 10.8. The number of hydrogen-bond acceptors (Lipinski definition) is 2. The van der Waals surface area contributed by atoms with Gasteiger partial charge >= 0.3 is 0 Å². The first-order valence-electron chi connectivity index (χ1n) is 10.8. The van der Waals surface area contributed by atoms with Crippen LogP contribution < -0.4 is 0 Å². The highest BCUT2D eigenvalue weighted by Crippen LogP contribution is 2.61. The molecule has 0 radical (unpaired) electrons. The van der Waals surface area contributed by atoms with E-state index in [9.17, 15) is 10.2 Å². The van der Waals surface area contributed by atoms with E-state index in [1.165, 1.54) is 24.0 Å². The van der Waals surface area contributed by atoms with Crippen LogP contribution in [0.1, 0.15) is 67.2 Å². The molecule has 0 heterocycles. The summed E-state index contributed by atoms with van der Waals surface area (Å²) in [6.45, 7) is 2.33. The minimum absolute atomic E-state index is 0.117. The number of aromatic hydroxyl groups is 1. The van der Waals surface area contributed by atoms with Crippen LogP contribution in [0.15, 0.2) is 42.5 Å². The van der Waals surface area contributed by atoms with Crippen molar-refractivity contribution in [3.05, 3.63) is 64.7 Å². The predicted octanol–water partition coefficient (Wildman–Crippen LogP) is 5.78. The molecule has 2 heteroatoms. The van der Waals surface area contributed by atoms with Gasteiger partial charge in [-0.1, -0.05) is 49.4 Å². The van der Waals surface area contributed by atoms with Gasteiger partial charge < -0.3 is 10.2 Å². The summed E-state index contributed by atoms with van der Waals surface area (Å²) < 4.78 is 0. The van der Waals surface area contributed by atoms with Gasteiger partial charge in [0.05, 0.1) is 6.10 Å². The normalized spacial score (nSPS) is 34.1. The molecule has 3 aliphatic rings. The summed E-state index contributed by atoms with van der Waals surface area (Å²) in [5, 5.41) is 21.2. The molecule has 0 bridgehead atoms. The van der Waals surface area contributed by atoms with E-state index in [0.717, 1.165) is 36.8 Å². The van der Waals surface area contributed by atoms with E-state index in [1.807, 2.05) is 30.3 Å². The lowest BCUT2D eigenvalue weighted by molar-refractivity contribution is -0.0226. The summed E-state index contributed by atoms with van der Waals surface area (Å²) in [5.74, 6) is 2.29. The lowest BCUT2D eigenvalue weighted by atomic mass is 9.55. The van der Waals surface area contributed by atoms with E-state index < -0.39 is 0 Å². The largest absolute Gasteiger partial charge is 0.507 e. The highest BCUT2D eigenvalue weighted by molar-refractivity contribution is 5.73. The van der Waals surface area contributed by atoms with Crippen molar-refractivity contribution in [3.8, 4) is 5.75 Å². The predicted molar refractivity (Wildman–Crippen MR) is 114 cm³/mol. The summed E-state index contributed by atoms with van der Waals surface area (Å²) in [6, 6.07) is 14.5. The van der Waals surface area contributed by atoms with Crippen molar-refractivity contribution < 1.29 is 10.2 Å². The molecule has 0 unspecified atom stereocenters. The Morgan fingerprint density at radius 1 is 1.00 bits per heavy atom. The monoisotopic (exact) mass is 374 g/mol. The van der Waals surface area contributed by atoms with Crippen LogP contribution in [0.5, 0.6) is 5.75 Å². The average Bonchev–Trinajstić information content (AvgIpc) is 3.02. The molecular weight excluding hydrogens is 344 g/mol. The van der Waals surface area contributed by atoms with Gasteiger partial charge in [-0.05, 0) is 90.5 Å². The van der Waals surface area contributed by atoms with Crippen LogP contribution in [0.25, 0.3) is 12.2 Å². The van der Waals surface area contributed by atoms with E-state index >= 15 is 0 Å². The zero-order valence-corrected chi connectivity index (χ0v) is 16.6. The minimum Gasteiger partial charge on any atom is -0.507 e. The Kier molecular flexibility index (Phi) is 4.35. The molecule has 0 saturated heterocycles. The molecule has 0 aromatic heterocycles. The van der Waals surface area contributed by atoms with Crippen molar-refractivity contribution >= 4 is 12.2 Å². The molecule has 2 N–H and O–H groups in total. The smallest absolute Gasteiger partial charge is 0.123 e. The van der Waals surface area contributed by atoms with Crippen molar-refractivity contribution in [1.82, 2.24) is 0 Å². The van der Waals surface area contributed by atoms with Gasteiger partial charge in [0.2, 0.25) is 0 Å². The third kappa shape index (κ3) is 2.81. The van der Waals surface area contributed by atoms with Crippen LogP contribution in [-0.2, 0) is 6.42 Å². The molecule has 2 fully saturated rings. The summed E-state index contributed by atoms with van der Waals surface area (Å²) in [5.41, 5.74) is 4.96. The molecule has 0 spiro atoms. The Bertz CT molecular complexity index is 900. The fourth-order valence-electron chi connectivity index (χ4n) is 6.48. The standard InChI is InChI=1S/C26H30O2/c1-26-14-13-20-21(23(26)11-12-25(26)28)10-9-18-16-24(27)19(15-22(18)20)8-7-17-5-3-2-4-6-17/h2-8,15-16,20-21,23,25,27-28H,9-14H2,1H3/b8-7+/t20-,21+,23-,25-,26-/m0/s1. The van der Waals surface area contributed by atoms with Gasteiger partial charge in [-0.15, -0.1) is 0 Å². The van der Waals surface area contributed by atoms with Gasteiger partial charge in [0, 0.05) is 5.56 Å². The van der Waals surface area contributed by atoms with Crippen LogP contribution in [0.3, 0.4) is 0 Å². The van der Waals surface area contributed by atoms with Crippen molar-refractivity contribution in [2.24, 2.45) is 17.3 Å². The van der Waals surface area contributed by atoms with Crippen LogP contribution in [0, 0.1) is 17.3 Å². The fraction of sp³-hybridized carbons (Fsp3) is 0.462. The lowest BCUT2D eigenvalue weighted by Gasteiger charge is -2.50. The van der Waals surface area contributed by atoms with Gasteiger partial charge in [-0.25, -0.2) is 0 Å². The van der Waals surface area contributed by atoms with Crippen LogP contribution in [0.2, 0.25) is 0 Å². The number of rotatable bonds is 2. The Morgan fingerprint density at radius 3 is 2.64 bits per heavy atom. The van der Waals surface area contributed by atoms with Gasteiger partial charge in [0.25, 0.3) is 0 Å². The summed E-state index contributed by atoms with van der Waals surface area (Å²) in [6.07, 6.45) is 10.7. The zero-order valence-electron chi connectivity index (χ0n) is 16.6. The summed E-state index contributed by atoms with van der Waals surface area (Å²) >= 11 is 0. The number of benzene rings is 2. The number of aliphatic hydroxyl groups is 1. The zero-order chi connectivity index (χ0) is 19.3. The van der Waals surface area contributed by atoms with E-state index in [4.69, 9.17) is 0 Å². The number of hydrogen-bond donors (Lipinski definition) is 2. The third-order valence-corrected chi connectivity index (χ3v) is 8.08. The maximum atomic E-state index is 10.6. The number of phenols is 1. The number of aryl methyl sites for hydroxylation is 1. The number of fused-ring (bicyclic) bond motifs is 5. The topological polar surface area (TPSA) is 40.5 Å². The van der Waals surface area contributed by atoms with Crippen LogP contribution in [0.4, 0.5) is 0 Å². The van der Waals surface area contributed by atoms with Gasteiger partial charge in [-0.3, -0.25) is 0 Å². The van der Waals surface area contributed by atoms with E-state index in [-0.39, 0.29) is 11.5 Å². The lowest BCUT2D eigenvalue weighted by Crippen LogP contribution is -2.43. The first-order chi connectivity index (χ1) is 13.6. The highest BCUT2D eigenvalue weighted by atomic mass is 16.3. The minimum atomic E-state index is -0.121. The van der Waals surface area contributed by atoms with Gasteiger partial charge in [0.1, 0.15) is 5.75 Å². The molecular formula is C26H30O2. The average molecular weight is 375 g/mol. The summed E-state index contributed by atoms with van der Waals surface area (Å²) in [7, 11) is 0. The summed E-state index contributed by atoms with van der Waals surface area (Å²) in [4.78, 5) is 0. The first kappa shape index (κ1) is 18.0. The second-order valence-corrected chi connectivity index (χ2v) is 9.41. The van der Waals surface area contributed by atoms with Crippen molar-refractivity contribution in [2.75, 3.05) is 0 Å². The third-order valence-electron chi connectivity index (χ3n) is 8.08. The Labute approximate surface area is 167 Å². The highest BCUT2D eigenvalue weighted by Gasteiger charge is 2.54. The maximum Gasteiger partial charge on any atom is 0.123 e. The molecule has 2 saturated carbocycles. The second kappa shape index (κ2) is 6.77. The van der Waals surface area contributed by atoms with Crippen molar-refractivity contribution in [3.63, 3.8) is 0 Å². The maximum absolute atomic E-state index is 10.6. The van der Waals surface area contributed by atoms with E-state index in [1.54, 1.807) is 0 Å². The Balaban J connectivity index is 1.48. The fourth-order valence-corrected chi connectivity index (χ4v) is 6.48. The SMILES string of the molecule is C[C@]12CC[C@@H]3c4cc(/C=C/c5ccccc5)c(O)cc4CC[C@H]3[C@@H]1CC[C@@H]2O. The molecule has 3 aliphatic carbocycles. The molecule has 0 amide bonds. The molecule has 5 rings (SSSR count). The van der Waals surface area contributed by atoms with E-state index in [0.29, 0.717) is 23.5 Å². The van der Waals surface area contributed by atoms with Crippen molar-refractivity contribution in [1.29, 1.82) is 0 Å². The molecule has 28 heavy (non-hydrogen) atoms. The quantitative estimate of drug-likeness (QED) is 0.654. The number of phenolic OH excluding ortho intramolecular Hbond substituents is 1. The Hall–Kier alpha value is -2.06. The molecule has 0 aliphatic heterocycles. The van der Waals surface area contributed by atoms with E-state index in [2.05, 4.69) is 31.2 Å².